The number of hydrogen-bond donors (Lipinski definition) is 2. The third-order valence-electron chi connectivity index (χ3n) is 5.10. The van der Waals surface area contributed by atoms with Gasteiger partial charge in [-0.1, -0.05) is 13.8 Å². The van der Waals surface area contributed by atoms with Crippen LogP contribution >= 0.6 is 11.3 Å². The van der Waals surface area contributed by atoms with E-state index in [2.05, 4.69) is 23.7 Å². The molecule has 1 aliphatic carbocycles. The van der Waals surface area contributed by atoms with Gasteiger partial charge in [0, 0.05) is 18.5 Å². The molecule has 0 radical (unpaired) electrons. The van der Waals surface area contributed by atoms with Crippen LogP contribution in [0.25, 0.3) is 10.2 Å². The molecular formula is C20H31N3O3S. The molecule has 0 saturated carbocycles. The maximum atomic E-state index is 12.7. The van der Waals surface area contributed by atoms with Gasteiger partial charge < -0.3 is 14.8 Å². The molecule has 1 aliphatic rings. The summed E-state index contributed by atoms with van der Waals surface area (Å²) < 4.78 is 5.06. The van der Waals surface area contributed by atoms with Gasteiger partial charge in [-0.15, -0.1) is 11.3 Å². The molecule has 0 aliphatic heterocycles. The van der Waals surface area contributed by atoms with Gasteiger partial charge >= 0.3 is 0 Å². The van der Waals surface area contributed by atoms with Crippen LogP contribution in [0.3, 0.4) is 0 Å². The van der Waals surface area contributed by atoms with Gasteiger partial charge in [0.25, 0.3) is 5.56 Å². The highest BCUT2D eigenvalue weighted by atomic mass is 32.1. The SMILES string of the molecule is COC[C@H](O)CN(CCC(C)C)Cc1nc2sc3c(c2c(=O)[nH]1)CCCC3. The number of nitrogens with zero attached hydrogens (tertiary/aromatic N) is 2. The van der Waals surface area contributed by atoms with Crippen molar-refractivity contribution in [3.63, 3.8) is 0 Å². The van der Waals surface area contributed by atoms with Crippen LogP contribution in [0.15, 0.2) is 4.79 Å². The zero-order valence-corrected chi connectivity index (χ0v) is 17.4. The molecule has 6 nitrogen and oxygen atoms in total. The molecule has 2 heterocycles. The van der Waals surface area contributed by atoms with E-state index >= 15 is 0 Å². The molecule has 0 fully saturated rings. The average Bonchev–Trinajstić information content (AvgIpc) is 2.98. The summed E-state index contributed by atoms with van der Waals surface area (Å²) in [4.78, 5) is 24.8. The van der Waals surface area contributed by atoms with Crippen LogP contribution in [0.4, 0.5) is 0 Å². The molecule has 0 unspecified atom stereocenters. The Hall–Kier alpha value is -1.28. The molecule has 3 rings (SSSR count). The van der Waals surface area contributed by atoms with Crippen molar-refractivity contribution >= 4 is 21.6 Å². The predicted molar refractivity (Wildman–Crippen MR) is 109 cm³/mol. The first-order valence-corrected chi connectivity index (χ1v) is 10.7. The Kier molecular flexibility index (Phi) is 7.03. The minimum atomic E-state index is -0.549. The molecule has 0 saturated heterocycles. The lowest BCUT2D eigenvalue weighted by atomic mass is 9.97. The zero-order valence-electron chi connectivity index (χ0n) is 16.6. The van der Waals surface area contributed by atoms with E-state index in [0.29, 0.717) is 31.4 Å². The molecular weight excluding hydrogens is 362 g/mol. The second kappa shape index (κ2) is 9.28. The summed E-state index contributed by atoms with van der Waals surface area (Å²) in [5.74, 6) is 1.25. The second-order valence-corrected chi connectivity index (χ2v) is 9.01. The van der Waals surface area contributed by atoms with E-state index in [-0.39, 0.29) is 5.56 Å². The van der Waals surface area contributed by atoms with Crippen molar-refractivity contribution in [2.24, 2.45) is 5.92 Å². The number of aromatic amines is 1. The Labute approximate surface area is 164 Å². The normalized spacial score (nSPS) is 15.6. The number of rotatable bonds is 9. The van der Waals surface area contributed by atoms with Crippen LogP contribution in [-0.4, -0.2) is 52.9 Å². The monoisotopic (exact) mass is 393 g/mol. The summed E-state index contributed by atoms with van der Waals surface area (Å²) in [5, 5.41) is 10.9. The Morgan fingerprint density at radius 3 is 2.85 bits per heavy atom. The molecule has 7 heteroatoms. The number of H-pyrrole nitrogens is 1. The standard InChI is InChI=1S/C20H31N3O3S/c1-13(2)8-9-23(10-14(24)12-26-3)11-17-21-19(25)18-15-6-4-5-7-16(15)27-20(18)22-17/h13-14,24H,4-12H2,1-3H3,(H,21,22,25)/t14-/m1/s1. The minimum Gasteiger partial charge on any atom is -0.389 e. The van der Waals surface area contributed by atoms with E-state index < -0.39 is 6.10 Å². The Morgan fingerprint density at radius 2 is 2.11 bits per heavy atom. The summed E-state index contributed by atoms with van der Waals surface area (Å²) in [6.45, 7) is 6.56. The summed E-state index contributed by atoms with van der Waals surface area (Å²) >= 11 is 1.68. The Morgan fingerprint density at radius 1 is 1.33 bits per heavy atom. The fourth-order valence-electron chi connectivity index (χ4n) is 3.71. The second-order valence-electron chi connectivity index (χ2n) is 7.93. The van der Waals surface area contributed by atoms with Crippen molar-refractivity contribution in [3.8, 4) is 0 Å². The highest BCUT2D eigenvalue weighted by Crippen LogP contribution is 2.33. The van der Waals surface area contributed by atoms with Crippen LogP contribution in [0.5, 0.6) is 0 Å². The highest BCUT2D eigenvalue weighted by molar-refractivity contribution is 7.18. The van der Waals surface area contributed by atoms with E-state index in [4.69, 9.17) is 9.72 Å². The van der Waals surface area contributed by atoms with Gasteiger partial charge in [0.1, 0.15) is 10.7 Å². The van der Waals surface area contributed by atoms with Gasteiger partial charge in [0.05, 0.1) is 24.6 Å². The van der Waals surface area contributed by atoms with E-state index in [1.165, 1.54) is 16.9 Å². The Bertz CT molecular complexity index is 815. The van der Waals surface area contributed by atoms with Crippen LogP contribution < -0.4 is 5.56 Å². The number of thiophene rings is 1. The van der Waals surface area contributed by atoms with Crippen LogP contribution in [-0.2, 0) is 24.1 Å². The lowest BCUT2D eigenvalue weighted by Gasteiger charge is -2.25. The van der Waals surface area contributed by atoms with Crippen LogP contribution in [0, 0.1) is 5.92 Å². The van der Waals surface area contributed by atoms with Crippen molar-refractivity contribution < 1.29 is 9.84 Å². The number of nitrogens with one attached hydrogen (secondary N) is 1. The summed E-state index contributed by atoms with van der Waals surface area (Å²) in [6.07, 6.45) is 4.88. The number of hydrogen-bond acceptors (Lipinski definition) is 6. The van der Waals surface area contributed by atoms with Gasteiger partial charge in [-0.25, -0.2) is 4.98 Å². The van der Waals surface area contributed by atoms with Crippen molar-refractivity contribution in [2.75, 3.05) is 26.8 Å². The topological polar surface area (TPSA) is 78.5 Å². The molecule has 1 atom stereocenters. The predicted octanol–water partition coefficient (Wildman–Crippen LogP) is 2.72. The first-order valence-electron chi connectivity index (χ1n) is 9.90. The number of ether oxygens (including phenoxy) is 1. The first-order chi connectivity index (χ1) is 13.0. The largest absolute Gasteiger partial charge is 0.389 e. The summed E-state index contributed by atoms with van der Waals surface area (Å²) in [7, 11) is 1.59. The fraction of sp³-hybridized carbons (Fsp3) is 0.700. The van der Waals surface area contributed by atoms with Gasteiger partial charge in [-0.05, 0) is 50.1 Å². The molecule has 27 heavy (non-hydrogen) atoms. The smallest absolute Gasteiger partial charge is 0.259 e. The zero-order chi connectivity index (χ0) is 19.4. The lowest BCUT2D eigenvalue weighted by molar-refractivity contribution is 0.0342. The number of fused-ring (bicyclic) bond motifs is 3. The average molecular weight is 394 g/mol. The molecule has 2 aromatic rings. The molecule has 2 N–H and O–H groups in total. The van der Waals surface area contributed by atoms with Crippen LogP contribution in [0.1, 0.15) is 49.4 Å². The third-order valence-corrected chi connectivity index (χ3v) is 6.28. The maximum absolute atomic E-state index is 12.7. The molecule has 0 spiro atoms. The maximum Gasteiger partial charge on any atom is 0.259 e. The first kappa shape index (κ1) is 20.5. The number of aliphatic hydroxyl groups is 1. The fourth-order valence-corrected chi connectivity index (χ4v) is 4.99. The van der Waals surface area contributed by atoms with Crippen molar-refractivity contribution in [2.45, 2.75) is 58.6 Å². The molecule has 150 valence electrons. The van der Waals surface area contributed by atoms with Gasteiger partial charge in [0.2, 0.25) is 0 Å². The highest BCUT2D eigenvalue weighted by Gasteiger charge is 2.21. The molecule has 0 amide bonds. The van der Waals surface area contributed by atoms with Crippen molar-refractivity contribution in [1.29, 1.82) is 0 Å². The summed E-state index contributed by atoms with van der Waals surface area (Å²) in [5.41, 5.74) is 1.20. The van der Waals surface area contributed by atoms with E-state index in [0.717, 1.165) is 42.4 Å². The van der Waals surface area contributed by atoms with Crippen molar-refractivity contribution in [1.82, 2.24) is 14.9 Å². The van der Waals surface area contributed by atoms with Crippen LogP contribution in [0.2, 0.25) is 0 Å². The third kappa shape index (κ3) is 5.16. The Balaban J connectivity index is 1.82. The molecule has 0 aromatic carbocycles. The number of aromatic nitrogens is 2. The number of aryl methyl sites for hydroxylation is 2. The minimum absolute atomic E-state index is 0.0179. The summed E-state index contributed by atoms with van der Waals surface area (Å²) in [6, 6.07) is 0. The van der Waals surface area contributed by atoms with E-state index in [9.17, 15) is 9.90 Å². The molecule has 2 aromatic heterocycles. The number of methoxy groups -OCH3 is 1. The molecule has 0 bridgehead atoms. The van der Waals surface area contributed by atoms with Gasteiger partial charge in [-0.3, -0.25) is 9.69 Å². The van der Waals surface area contributed by atoms with Gasteiger partial charge in [0.15, 0.2) is 0 Å². The van der Waals surface area contributed by atoms with E-state index in [1.54, 1.807) is 18.4 Å². The van der Waals surface area contributed by atoms with Gasteiger partial charge in [-0.2, -0.15) is 0 Å². The van der Waals surface area contributed by atoms with Crippen molar-refractivity contribution in [3.05, 3.63) is 26.6 Å². The number of aliphatic hydroxyl groups excluding tert-OH is 1. The van der Waals surface area contributed by atoms with E-state index in [1.807, 2.05) is 0 Å². The quantitative estimate of drug-likeness (QED) is 0.685. The lowest BCUT2D eigenvalue weighted by Crippen LogP contribution is -2.36.